The van der Waals surface area contributed by atoms with Gasteiger partial charge >= 0.3 is 0 Å². The number of para-hydroxylation sites is 1. The second-order valence-corrected chi connectivity index (χ2v) is 5.48. The molecule has 1 fully saturated rings. The molecule has 2 rings (SSSR count). The van der Waals surface area contributed by atoms with Gasteiger partial charge in [0.1, 0.15) is 5.75 Å². The van der Waals surface area contributed by atoms with Crippen molar-refractivity contribution in [3.8, 4) is 5.75 Å². The Hall–Kier alpha value is -1.63. The molecule has 1 unspecified atom stereocenters. The highest BCUT2D eigenvalue weighted by Crippen LogP contribution is 2.29. The zero-order chi connectivity index (χ0) is 16.5. The Morgan fingerprint density at radius 3 is 3.04 bits per heavy atom. The fraction of sp³-hybridized carbons (Fsp3) is 0.588. The van der Waals surface area contributed by atoms with Crippen LogP contribution in [-0.2, 0) is 9.53 Å². The van der Waals surface area contributed by atoms with Gasteiger partial charge in [-0.05, 0) is 13.0 Å². The van der Waals surface area contributed by atoms with E-state index in [1.807, 2.05) is 25.1 Å². The summed E-state index contributed by atoms with van der Waals surface area (Å²) < 4.78 is 10.7. The standard InChI is InChI=1S/C17H27N3O3/c1-3-23-11-9-19-17(21)13-20-10-8-18-12-15(20)14-6-4-5-7-16(14)22-2/h4-7,15,18H,3,8-13H2,1-2H3,(H,19,21). The molecule has 1 aromatic rings. The Labute approximate surface area is 138 Å². The number of piperazine rings is 1. The average Bonchev–Trinajstić information content (AvgIpc) is 2.59. The maximum absolute atomic E-state index is 12.1. The van der Waals surface area contributed by atoms with Crippen LogP contribution in [0.3, 0.4) is 0 Å². The fourth-order valence-corrected chi connectivity index (χ4v) is 2.83. The molecule has 0 radical (unpaired) electrons. The smallest absolute Gasteiger partial charge is 0.234 e. The molecule has 1 saturated heterocycles. The molecule has 128 valence electrons. The fourth-order valence-electron chi connectivity index (χ4n) is 2.83. The SMILES string of the molecule is CCOCCNC(=O)CN1CCNCC1c1ccccc1OC. The Balaban J connectivity index is 1.97. The second kappa shape index (κ2) is 9.50. The van der Waals surface area contributed by atoms with Gasteiger partial charge in [0.15, 0.2) is 0 Å². The van der Waals surface area contributed by atoms with Crippen LogP contribution >= 0.6 is 0 Å². The monoisotopic (exact) mass is 321 g/mol. The molecule has 0 saturated carbocycles. The minimum atomic E-state index is 0.0338. The van der Waals surface area contributed by atoms with Crippen molar-refractivity contribution >= 4 is 5.91 Å². The van der Waals surface area contributed by atoms with E-state index in [0.717, 1.165) is 30.9 Å². The van der Waals surface area contributed by atoms with E-state index in [9.17, 15) is 4.79 Å². The predicted octanol–water partition coefficient (Wildman–Crippen LogP) is 0.794. The highest BCUT2D eigenvalue weighted by molar-refractivity contribution is 5.78. The van der Waals surface area contributed by atoms with Gasteiger partial charge in [0.2, 0.25) is 5.91 Å². The summed E-state index contributed by atoms with van der Waals surface area (Å²) in [6, 6.07) is 8.13. The molecule has 6 heteroatoms. The van der Waals surface area contributed by atoms with Crippen molar-refractivity contribution in [2.75, 3.05) is 53.0 Å². The van der Waals surface area contributed by atoms with Crippen molar-refractivity contribution in [1.82, 2.24) is 15.5 Å². The lowest BCUT2D eigenvalue weighted by Gasteiger charge is -2.36. The normalized spacial score (nSPS) is 18.6. The topological polar surface area (TPSA) is 62.8 Å². The molecule has 1 heterocycles. The first-order chi connectivity index (χ1) is 11.3. The number of carbonyl (C=O) groups is 1. The number of carbonyl (C=O) groups excluding carboxylic acids is 1. The Morgan fingerprint density at radius 1 is 1.43 bits per heavy atom. The minimum absolute atomic E-state index is 0.0338. The van der Waals surface area contributed by atoms with Crippen LogP contribution in [0.2, 0.25) is 0 Å². The molecule has 0 bridgehead atoms. The zero-order valence-electron chi connectivity index (χ0n) is 14.0. The quantitative estimate of drug-likeness (QED) is 0.693. The molecule has 1 amide bonds. The summed E-state index contributed by atoms with van der Waals surface area (Å²) in [5.41, 5.74) is 1.12. The van der Waals surface area contributed by atoms with E-state index in [-0.39, 0.29) is 11.9 Å². The van der Waals surface area contributed by atoms with Crippen LogP contribution < -0.4 is 15.4 Å². The number of benzene rings is 1. The van der Waals surface area contributed by atoms with Crippen molar-refractivity contribution < 1.29 is 14.3 Å². The summed E-state index contributed by atoms with van der Waals surface area (Å²) in [6.07, 6.45) is 0. The molecule has 0 spiro atoms. The number of amides is 1. The van der Waals surface area contributed by atoms with Crippen molar-refractivity contribution in [2.24, 2.45) is 0 Å². The summed E-state index contributed by atoms with van der Waals surface area (Å²) in [6.45, 7) is 6.64. The summed E-state index contributed by atoms with van der Waals surface area (Å²) in [7, 11) is 1.68. The van der Waals surface area contributed by atoms with Gasteiger partial charge in [0.25, 0.3) is 0 Å². The summed E-state index contributed by atoms with van der Waals surface area (Å²) in [4.78, 5) is 14.3. The molecular weight excluding hydrogens is 294 g/mol. The lowest BCUT2D eigenvalue weighted by Crippen LogP contribution is -2.49. The van der Waals surface area contributed by atoms with E-state index in [2.05, 4.69) is 21.6 Å². The van der Waals surface area contributed by atoms with Crippen LogP contribution in [0.5, 0.6) is 5.75 Å². The Bertz CT molecular complexity index is 496. The van der Waals surface area contributed by atoms with E-state index < -0.39 is 0 Å². The number of rotatable bonds is 8. The van der Waals surface area contributed by atoms with Crippen molar-refractivity contribution in [3.63, 3.8) is 0 Å². The molecule has 1 aromatic carbocycles. The van der Waals surface area contributed by atoms with Crippen LogP contribution in [0, 0.1) is 0 Å². The van der Waals surface area contributed by atoms with Gasteiger partial charge in [-0.1, -0.05) is 18.2 Å². The molecule has 0 aliphatic carbocycles. The minimum Gasteiger partial charge on any atom is -0.496 e. The maximum atomic E-state index is 12.1. The number of nitrogens with one attached hydrogen (secondary N) is 2. The number of hydrogen-bond donors (Lipinski definition) is 2. The number of ether oxygens (including phenoxy) is 2. The van der Waals surface area contributed by atoms with E-state index in [4.69, 9.17) is 9.47 Å². The van der Waals surface area contributed by atoms with E-state index in [1.165, 1.54) is 0 Å². The molecule has 1 aliphatic heterocycles. The lowest BCUT2D eigenvalue weighted by atomic mass is 10.0. The molecule has 2 N–H and O–H groups in total. The molecule has 1 atom stereocenters. The van der Waals surface area contributed by atoms with Crippen LogP contribution in [0.15, 0.2) is 24.3 Å². The largest absolute Gasteiger partial charge is 0.496 e. The molecular formula is C17H27N3O3. The first-order valence-corrected chi connectivity index (χ1v) is 8.18. The Morgan fingerprint density at radius 2 is 2.26 bits per heavy atom. The summed E-state index contributed by atoms with van der Waals surface area (Å²) >= 11 is 0. The van der Waals surface area contributed by atoms with Gasteiger partial charge in [-0.2, -0.15) is 0 Å². The highest BCUT2D eigenvalue weighted by atomic mass is 16.5. The molecule has 6 nitrogen and oxygen atoms in total. The number of hydrogen-bond acceptors (Lipinski definition) is 5. The third-order valence-electron chi connectivity index (χ3n) is 3.97. The van der Waals surface area contributed by atoms with Gasteiger partial charge in [-0.3, -0.25) is 9.69 Å². The van der Waals surface area contributed by atoms with Crippen molar-refractivity contribution in [1.29, 1.82) is 0 Å². The van der Waals surface area contributed by atoms with E-state index >= 15 is 0 Å². The van der Waals surface area contributed by atoms with Crippen molar-refractivity contribution in [2.45, 2.75) is 13.0 Å². The van der Waals surface area contributed by atoms with Crippen LogP contribution in [-0.4, -0.2) is 63.9 Å². The molecule has 1 aliphatic rings. The molecule has 0 aromatic heterocycles. The van der Waals surface area contributed by atoms with Gasteiger partial charge in [-0.25, -0.2) is 0 Å². The zero-order valence-corrected chi connectivity index (χ0v) is 14.0. The predicted molar refractivity (Wildman–Crippen MR) is 89.7 cm³/mol. The molecule has 23 heavy (non-hydrogen) atoms. The average molecular weight is 321 g/mol. The Kier molecular flexibility index (Phi) is 7.32. The van der Waals surface area contributed by atoms with E-state index in [1.54, 1.807) is 7.11 Å². The van der Waals surface area contributed by atoms with Crippen LogP contribution in [0.4, 0.5) is 0 Å². The third kappa shape index (κ3) is 5.20. The van der Waals surface area contributed by atoms with Gasteiger partial charge in [-0.15, -0.1) is 0 Å². The third-order valence-corrected chi connectivity index (χ3v) is 3.97. The van der Waals surface area contributed by atoms with E-state index in [0.29, 0.717) is 26.3 Å². The maximum Gasteiger partial charge on any atom is 0.234 e. The van der Waals surface area contributed by atoms with Gasteiger partial charge in [0, 0.05) is 38.3 Å². The van der Waals surface area contributed by atoms with Crippen LogP contribution in [0.25, 0.3) is 0 Å². The second-order valence-electron chi connectivity index (χ2n) is 5.48. The summed E-state index contributed by atoms with van der Waals surface area (Å²) in [5.74, 6) is 0.898. The number of nitrogens with zero attached hydrogens (tertiary/aromatic N) is 1. The van der Waals surface area contributed by atoms with Crippen molar-refractivity contribution in [3.05, 3.63) is 29.8 Å². The van der Waals surface area contributed by atoms with Crippen LogP contribution in [0.1, 0.15) is 18.5 Å². The summed E-state index contributed by atoms with van der Waals surface area (Å²) in [5, 5.41) is 6.31. The lowest BCUT2D eigenvalue weighted by molar-refractivity contribution is -0.123. The highest BCUT2D eigenvalue weighted by Gasteiger charge is 2.27. The van der Waals surface area contributed by atoms with Gasteiger partial charge < -0.3 is 20.1 Å². The first kappa shape index (κ1) is 17.7. The van der Waals surface area contributed by atoms with Gasteiger partial charge in [0.05, 0.1) is 26.3 Å². The first-order valence-electron chi connectivity index (χ1n) is 8.18. The number of methoxy groups -OCH3 is 1.